The van der Waals surface area contributed by atoms with Gasteiger partial charge in [0.1, 0.15) is 16.8 Å². The number of benzene rings is 2. The lowest BCUT2D eigenvalue weighted by atomic mass is 10.1. The Bertz CT molecular complexity index is 805. The first-order chi connectivity index (χ1) is 10.0. The van der Waals surface area contributed by atoms with Gasteiger partial charge in [0.15, 0.2) is 5.76 Å². The van der Waals surface area contributed by atoms with Gasteiger partial charge in [0.05, 0.1) is 0 Å². The molecular weight excluding hydrogens is 291 g/mol. The SMILES string of the molecule is Cc1ccc2oc(C(=O)C(Cl)c3ccc(F)cc3)cc2c1. The van der Waals surface area contributed by atoms with E-state index in [0.717, 1.165) is 10.9 Å². The quantitative estimate of drug-likeness (QED) is 0.501. The highest BCUT2D eigenvalue weighted by Crippen LogP contribution is 2.28. The summed E-state index contributed by atoms with van der Waals surface area (Å²) in [6.07, 6.45) is 0. The fourth-order valence-electron chi connectivity index (χ4n) is 2.19. The molecule has 21 heavy (non-hydrogen) atoms. The fraction of sp³-hybridized carbons (Fsp3) is 0.118. The Hall–Kier alpha value is -2.13. The molecule has 2 aromatic carbocycles. The van der Waals surface area contributed by atoms with Crippen molar-refractivity contribution < 1.29 is 13.6 Å². The van der Waals surface area contributed by atoms with Crippen LogP contribution in [-0.4, -0.2) is 5.78 Å². The molecule has 3 aromatic rings. The second kappa shape index (κ2) is 5.34. The van der Waals surface area contributed by atoms with Gasteiger partial charge in [-0.2, -0.15) is 0 Å². The van der Waals surface area contributed by atoms with E-state index in [-0.39, 0.29) is 17.4 Å². The van der Waals surface area contributed by atoms with Crippen LogP contribution < -0.4 is 0 Å². The third-order valence-electron chi connectivity index (χ3n) is 3.31. The number of halogens is 2. The Morgan fingerprint density at radius 2 is 1.86 bits per heavy atom. The van der Waals surface area contributed by atoms with Crippen molar-refractivity contribution in [1.82, 2.24) is 0 Å². The predicted octanol–water partition coefficient (Wildman–Crippen LogP) is 5.04. The molecule has 0 fully saturated rings. The Morgan fingerprint density at radius 3 is 2.57 bits per heavy atom. The number of fused-ring (bicyclic) bond motifs is 1. The molecule has 0 saturated heterocycles. The van der Waals surface area contributed by atoms with Crippen molar-refractivity contribution in [2.75, 3.05) is 0 Å². The number of carbonyl (C=O) groups excluding carboxylic acids is 1. The molecule has 0 aliphatic rings. The van der Waals surface area contributed by atoms with Crippen LogP contribution in [0, 0.1) is 12.7 Å². The summed E-state index contributed by atoms with van der Waals surface area (Å²) in [4.78, 5) is 12.4. The van der Waals surface area contributed by atoms with E-state index in [4.69, 9.17) is 16.0 Å². The molecule has 1 atom stereocenters. The lowest BCUT2D eigenvalue weighted by Crippen LogP contribution is -2.06. The molecular formula is C17H12ClFO2. The monoisotopic (exact) mass is 302 g/mol. The first-order valence-electron chi connectivity index (χ1n) is 6.48. The molecule has 2 nitrogen and oxygen atoms in total. The number of aryl methyl sites for hydroxylation is 1. The van der Waals surface area contributed by atoms with Gasteiger partial charge >= 0.3 is 0 Å². The normalized spacial score (nSPS) is 12.5. The van der Waals surface area contributed by atoms with Crippen molar-refractivity contribution in [2.45, 2.75) is 12.3 Å². The van der Waals surface area contributed by atoms with Gasteiger partial charge in [0, 0.05) is 5.39 Å². The van der Waals surface area contributed by atoms with E-state index in [2.05, 4.69) is 0 Å². The summed E-state index contributed by atoms with van der Waals surface area (Å²) in [5.41, 5.74) is 2.27. The summed E-state index contributed by atoms with van der Waals surface area (Å²) in [6.45, 7) is 1.97. The molecule has 0 radical (unpaired) electrons. The van der Waals surface area contributed by atoms with Gasteiger partial charge in [0.2, 0.25) is 5.78 Å². The first kappa shape index (κ1) is 13.8. The van der Waals surface area contributed by atoms with Gasteiger partial charge in [0.25, 0.3) is 0 Å². The largest absolute Gasteiger partial charge is 0.453 e. The van der Waals surface area contributed by atoms with Crippen LogP contribution in [0.25, 0.3) is 11.0 Å². The summed E-state index contributed by atoms with van der Waals surface area (Å²) >= 11 is 6.17. The highest BCUT2D eigenvalue weighted by molar-refractivity contribution is 6.33. The molecule has 0 aliphatic heterocycles. The number of furan rings is 1. The molecule has 0 saturated carbocycles. The number of Topliss-reactive ketones (excluding diaryl/α,β-unsaturated/α-hetero) is 1. The Balaban J connectivity index is 1.94. The van der Waals surface area contributed by atoms with E-state index >= 15 is 0 Å². The lowest BCUT2D eigenvalue weighted by molar-refractivity contribution is 0.0962. The minimum Gasteiger partial charge on any atom is -0.453 e. The lowest BCUT2D eigenvalue weighted by Gasteiger charge is -2.06. The molecule has 1 unspecified atom stereocenters. The van der Waals surface area contributed by atoms with E-state index in [0.29, 0.717) is 11.1 Å². The number of rotatable bonds is 3. The van der Waals surface area contributed by atoms with Crippen molar-refractivity contribution in [1.29, 1.82) is 0 Å². The molecule has 0 N–H and O–H groups in total. The Labute approximate surface area is 126 Å². The second-order valence-corrected chi connectivity index (χ2v) is 5.37. The summed E-state index contributed by atoms with van der Waals surface area (Å²) < 4.78 is 18.4. The van der Waals surface area contributed by atoms with Gasteiger partial charge in [-0.1, -0.05) is 23.8 Å². The first-order valence-corrected chi connectivity index (χ1v) is 6.92. The fourth-order valence-corrected chi connectivity index (χ4v) is 2.45. The van der Waals surface area contributed by atoms with Crippen molar-refractivity contribution in [3.63, 3.8) is 0 Å². The molecule has 3 rings (SSSR count). The van der Waals surface area contributed by atoms with Crippen molar-refractivity contribution in [3.05, 3.63) is 71.2 Å². The average molecular weight is 303 g/mol. The summed E-state index contributed by atoms with van der Waals surface area (Å²) in [7, 11) is 0. The van der Waals surface area contributed by atoms with Gasteiger partial charge in [-0.15, -0.1) is 11.6 Å². The zero-order valence-electron chi connectivity index (χ0n) is 11.3. The minimum absolute atomic E-state index is 0.208. The maximum absolute atomic E-state index is 12.9. The maximum atomic E-state index is 12.9. The van der Waals surface area contributed by atoms with Crippen LogP contribution in [-0.2, 0) is 0 Å². The zero-order chi connectivity index (χ0) is 15.0. The number of alkyl halides is 1. The molecule has 1 heterocycles. The number of ketones is 1. The second-order valence-electron chi connectivity index (χ2n) is 4.93. The topological polar surface area (TPSA) is 30.2 Å². The molecule has 4 heteroatoms. The minimum atomic E-state index is -0.896. The van der Waals surface area contributed by atoms with Crippen LogP contribution in [0.5, 0.6) is 0 Å². The highest BCUT2D eigenvalue weighted by Gasteiger charge is 2.23. The summed E-state index contributed by atoms with van der Waals surface area (Å²) in [5, 5.41) is -0.0337. The zero-order valence-corrected chi connectivity index (χ0v) is 12.0. The summed E-state index contributed by atoms with van der Waals surface area (Å²) in [5.74, 6) is -0.494. The molecule has 1 aromatic heterocycles. The van der Waals surface area contributed by atoms with E-state index in [9.17, 15) is 9.18 Å². The summed E-state index contributed by atoms with van der Waals surface area (Å²) in [6, 6.07) is 12.9. The van der Waals surface area contributed by atoms with Crippen LogP contribution in [0.2, 0.25) is 0 Å². The van der Waals surface area contributed by atoms with Gasteiger partial charge in [-0.25, -0.2) is 4.39 Å². The Kier molecular flexibility index (Phi) is 3.52. The molecule has 0 aliphatic carbocycles. The smallest absolute Gasteiger partial charge is 0.220 e. The van der Waals surface area contributed by atoms with Gasteiger partial charge in [-0.05, 0) is 42.8 Å². The van der Waals surface area contributed by atoms with Crippen LogP contribution >= 0.6 is 11.6 Å². The van der Waals surface area contributed by atoms with Crippen LogP contribution in [0.15, 0.2) is 52.9 Å². The highest BCUT2D eigenvalue weighted by atomic mass is 35.5. The van der Waals surface area contributed by atoms with E-state index in [1.165, 1.54) is 24.3 Å². The van der Waals surface area contributed by atoms with Crippen molar-refractivity contribution in [2.24, 2.45) is 0 Å². The third kappa shape index (κ3) is 2.69. The maximum Gasteiger partial charge on any atom is 0.220 e. The number of hydrogen-bond donors (Lipinski definition) is 0. The van der Waals surface area contributed by atoms with E-state index in [1.807, 2.05) is 25.1 Å². The van der Waals surface area contributed by atoms with Crippen LogP contribution in [0.4, 0.5) is 4.39 Å². The number of carbonyl (C=O) groups is 1. The molecule has 0 spiro atoms. The van der Waals surface area contributed by atoms with Crippen molar-refractivity contribution >= 4 is 28.4 Å². The predicted molar refractivity (Wildman–Crippen MR) is 80.3 cm³/mol. The van der Waals surface area contributed by atoms with Crippen LogP contribution in [0.1, 0.15) is 27.1 Å². The number of hydrogen-bond acceptors (Lipinski definition) is 2. The van der Waals surface area contributed by atoms with Gasteiger partial charge < -0.3 is 4.42 Å². The van der Waals surface area contributed by atoms with E-state index in [1.54, 1.807) is 6.07 Å². The van der Waals surface area contributed by atoms with Gasteiger partial charge in [-0.3, -0.25) is 4.79 Å². The van der Waals surface area contributed by atoms with Crippen molar-refractivity contribution in [3.8, 4) is 0 Å². The third-order valence-corrected chi connectivity index (χ3v) is 3.76. The molecule has 106 valence electrons. The van der Waals surface area contributed by atoms with Crippen LogP contribution in [0.3, 0.4) is 0 Å². The standard InChI is InChI=1S/C17H12ClFO2/c1-10-2-7-14-12(8-10)9-15(21-14)17(20)16(18)11-3-5-13(19)6-4-11/h2-9,16H,1H3. The molecule has 0 bridgehead atoms. The van der Waals surface area contributed by atoms with E-state index < -0.39 is 5.38 Å². The average Bonchev–Trinajstić information content (AvgIpc) is 2.89. The Morgan fingerprint density at radius 1 is 1.14 bits per heavy atom. The molecule has 0 amide bonds.